The maximum absolute atomic E-state index is 14.0. The Morgan fingerprint density at radius 2 is 2.05 bits per heavy atom. The summed E-state index contributed by atoms with van der Waals surface area (Å²) in [5.74, 6) is -0.866. The van der Waals surface area contributed by atoms with Gasteiger partial charge in [0.2, 0.25) is 0 Å². The van der Waals surface area contributed by atoms with E-state index >= 15 is 0 Å². The van der Waals surface area contributed by atoms with Crippen LogP contribution >= 0.6 is 0 Å². The number of halogens is 1. The van der Waals surface area contributed by atoms with Gasteiger partial charge in [-0.05, 0) is 33.3 Å². The molecule has 0 aliphatic heterocycles. The predicted octanol–water partition coefficient (Wildman–Crippen LogP) is 2.99. The number of rotatable bonds is 6. The predicted molar refractivity (Wildman–Crippen MR) is 73.3 cm³/mol. The van der Waals surface area contributed by atoms with Crippen molar-refractivity contribution in [1.82, 2.24) is 5.32 Å². The lowest BCUT2D eigenvalue weighted by Gasteiger charge is -2.32. The van der Waals surface area contributed by atoms with Crippen LogP contribution in [0, 0.1) is 5.82 Å². The van der Waals surface area contributed by atoms with Crippen molar-refractivity contribution in [1.29, 1.82) is 0 Å². The number of nitrogens with one attached hydrogen (secondary N) is 1. The number of carbonyl (C=O) groups excluding carboxylic acids is 1. The quantitative estimate of drug-likeness (QED) is 0.805. The molecule has 3 nitrogen and oxygen atoms in total. The van der Waals surface area contributed by atoms with Crippen LogP contribution in [0.1, 0.15) is 39.7 Å². The van der Waals surface area contributed by atoms with Crippen molar-refractivity contribution in [3.05, 3.63) is 35.6 Å². The maximum Gasteiger partial charge on any atom is 0.330 e. The van der Waals surface area contributed by atoms with E-state index in [4.69, 9.17) is 4.74 Å². The molecule has 2 atom stereocenters. The number of carbonyl (C=O) groups is 1. The fourth-order valence-corrected chi connectivity index (χ4v) is 1.98. The van der Waals surface area contributed by atoms with Crippen LogP contribution in [0.15, 0.2) is 24.3 Å². The van der Waals surface area contributed by atoms with Gasteiger partial charge in [0.1, 0.15) is 11.4 Å². The van der Waals surface area contributed by atoms with E-state index in [-0.39, 0.29) is 12.6 Å². The van der Waals surface area contributed by atoms with Crippen LogP contribution in [-0.2, 0) is 15.1 Å². The van der Waals surface area contributed by atoms with Crippen LogP contribution in [-0.4, -0.2) is 18.6 Å². The van der Waals surface area contributed by atoms with E-state index in [2.05, 4.69) is 5.32 Å². The SMILES string of the molecule is CCOC(=O)C(C)(NC(C)CC)c1ccccc1F. The van der Waals surface area contributed by atoms with Gasteiger partial charge in [-0.15, -0.1) is 0 Å². The minimum Gasteiger partial charge on any atom is -0.464 e. The molecule has 0 aliphatic rings. The van der Waals surface area contributed by atoms with Crippen LogP contribution in [0.5, 0.6) is 0 Å². The molecule has 0 saturated carbocycles. The molecule has 0 bridgehead atoms. The van der Waals surface area contributed by atoms with Crippen molar-refractivity contribution >= 4 is 5.97 Å². The lowest BCUT2D eigenvalue weighted by Crippen LogP contribution is -2.51. The van der Waals surface area contributed by atoms with Gasteiger partial charge in [0.25, 0.3) is 0 Å². The lowest BCUT2D eigenvalue weighted by atomic mass is 9.90. The van der Waals surface area contributed by atoms with Gasteiger partial charge < -0.3 is 4.74 Å². The Morgan fingerprint density at radius 1 is 1.42 bits per heavy atom. The molecule has 1 aromatic carbocycles. The van der Waals surface area contributed by atoms with E-state index in [0.29, 0.717) is 5.56 Å². The average Bonchev–Trinajstić information content (AvgIpc) is 2.39. The third-order valence-electron chi connectivity index (χ3n) is 3.24. The summed E-state index contributed by atoms with van der Waals surface area (Å²) < 4.78 is 19.1. The van der Waals surface area contributed by atoms with Crippen molar-refractivity contribution in [2.75, 3.05) is 6.61 Å². The van der Waals surface area contributed by atoms with Crippen molar-refractivity contribution in [3.8, 4) is 0 Å². The molecule has 0 aliphatic carbocycles. The minimum atomic E-state index is -1.17. The molecule has 1 aromatic rings. The van der Waals surface area contributed by atoms with Gasteiger partial charge in [0.05, 0.1) is 6.61 Å². The first-order chi connectivity index (χ1) is 8.95. The lowest BCUT2D eigenvalue weighted by molar-refractivity contribution is -0.151. The number of ether oxygens (including phenoxy) is 1. The van der Waals surface area contributed by atoms with Crippen LogP contribution < -0.4 is 5.32 Å². The van der Waals surface area contributed by atoms with Crippen LogP contribution in [0.4, 0.5) is 4.39 Å². The smallest absolute Gasteiger partial charge is 0.330 e. The van der Waals surface area contributed by atoms with Gasteiger partial charge in [-0.25, -0.2) is 9.18 Å². The molecular formula is C15H22FNO2. The molecule has 1 N–H and O–H groups in total. The summed E-state index contributed by atoms with van der Waals surface area (Å²) in [5.41, 5.74) is -0.856. The zero-order chi connectivity index (χ0) is 14.5. The molecule has 0 saturated heterocycles. The fourth-order valence-electron chi connectivity index (χ4n) is 1.98. The summed E-state index contributed by atoms with van der Waals surface area (Å²) in [6.45, 7) is 7.63. The van der Waals surface area contributed by atoms with E-state index in [1.54, 1.807) is 32.0 Å². The molecule has 4 heteroatoms. The Balaban J connectivity index is 3.18. The first kappa shape index (κ1) is 15.6. The first-order valence-corrected chi connectivity index (χ1v) is 6.65. The van der Waals surface area contributed by atoms with Crippen molar-refractivity contribution in [2.24, 2.45) is 0 Å². The molecule has 0 heterocycles. The number of hydrogen-bond acceptors (Lipinski definition) is 3. The first-order valence-electron chi connectivity index (χ1n) is 6.65. The summed E-state index contributed by atoms with van der Waals surface area (Å²) in [6, 6.07) is 6.36. The number of benzene rings is 1. The standard InChI is InChI=1S/C15H22FNO2/c1-5-11(3)17-15(4,14(18)19-6-2)12-9-7-8-10-13(12)16/h7-11,17H,5-6H2,1-4H3. The Hall–Kier alpha value is -1.42. The molecular weight excluding hydrogens is 245 g/mol. The molecule has 0 amide bonds. The molecule has 19 heavy (non-hydrogen) atoms. The van der Waals surface area contributed by atoms with Crippen LogP contribution in [0.2, 0.25) is 0 Å². The molecule has 0 fully saturated rings. The van der Waals surface area contributed by atoms with Gasteiger partial charge >= 0.3 is 5.97 Å². The summed E-state index contributed by atoms with van der Waals surface area (Å²) in [7, 11) is 0. The van der Waals surface area contributed by atoms with Gasteiger partial charge in [-0.3, -0.25) is 5.32 Å². The van der Waals surface area contributed by atoms with Gasteiger partial charge in [0, 0.05) is 11.6 Å². The topological polar surface area (TPSA) is 38.3 Å². The highest BCUT2D eigenvalue weighted by molar-refractivity contribution is 5.82. The second-order valence-corrected chi connectivity index (χ2v) is 4.78. The van der Waals surface area contributed by atoms with Gasteiger partial charge in [0.15, 0.2) is 0 Å². The third kappa shape index (κ3) is 3.53. The molecule has 0 spiro atoms. The molecule has 0 radical (unpaired) electrons. The highest BCUT2D eigenvalue weighted by atomic mass is 19.1. The number of hydrogen-bond donors (Lipinski definition) is 1. The van der Waals surface area contributed by atoms with Crippen LogP contribution in [0.3, 0.4) is 0 Å². The Labute approximate surface area is 114 Å². The van der Waals surface area contributed by atoms with E-state index < -0.39 is 17.3 Å². The molecule has 0 aromatic heterocycles. The maximum atomic E-state index is 14.0. The van der Waals surface area contributed by atoms with Crippen LogP contribution in [0.25, 0.3) is 0 Å². The molecule has 106 valence electrons. The Morgan fingerprint density at radius 3 is 2.58 bits per heavy atom. The zero-order valence-electron chi connectivity index (χ0n) is 12.0. The number of esters is 1. The second kappa shape index (κ2) is 6.66. The van der Waals surface area contributed by atoms with E-state index in [0.717, 1.165) is 6.42 Å². The average molecular weight is 267 g/mol. The molecule has 2 unspecified atom stereocenters. The summed E-state index contributed by atoms with van der Waals surface area (Å²) in [5, 5.41) is 3.17. The largest absolute Gasteiger partial charge is 0.464 e. The monoisotopic (exact) mass is 267 g/mol. The van der Waals surface area contributed by atoms with Crippen molar-refractivity contribution in [3.63, 3.8) is 0 Å². The highest BCUT2D eigenvalue weighted by Crippen LogP contribution is 2.26. The fraction of sp³-hybridized carbons (Fsp3) is 0.533. The van der Waals surface area contributed by atoms with E-state index in [1.165, 1.54) is 6.07 Å². The Bertz CT molecular complexity index is 436. The van der Waals surface area contributed by atoms with E-state index in [1.807, 2.05) is 13.8 Å². The second-order valence-electron chi connectivity index (χ2n) is 4.78. The van der Waals surface area contributed by atoms with Crippen molar-refractivity contribution in [2.45, 2.75) is 45.7 Å². The molecule has 1 rings (SSSR count). The summed E-state index contributed by atoms with van der Waals surface area (Å²) in [4.78, 5) is 12.2. The van der Waals surface area contributed by atoms with Gasteiger partial charge in [-0.1, -0.05) is 25.1 Å². The van der Waals surface area contributed by atoms with Crippen molar-refractivity contribution < 1.29 is 13.9 Å². The zero-order valence-corrected chi connectivity index (χ0v) is 12.0. The minimum absolute atomic E-state index is 0.0778. The normalized spacial score (nSPS) is 15.6. The summed E-state index contributed by atoms with van der Waals surface area (Å²) in [6.07, 6.45) is 0.837. The Kier molecular flexibility index (Phi) is 5.48. The highest BCUT2D eigenvalue weighted by Gasteiger charge is 2.39. The third-order valence-corrected chi connectivity index (χ3v) is 3.24. The van der Waals surface area contributed by atoms with E-state index in [9.17, 15) is 9.18 Å². The van der Waals surface area contributed by atoms with Gasteiger partial charge in [-0.2, -0.15) is 0 Å². The summed E-state index contributed by atoms with van der Waals surface area (Å²) >= 11 is 0.